The summed E-state index contributed by atoms with van der Waals surface area (Å²) in [6, 6.07) is 28.2. The van der Waals surface area contributed by atoms with Gasteiger partial charge in [0.2, 0.25) is 0 Å². The Morgan fingerprint density at radius 3 is 1.71 bits per heavy atom. The van der Waals surface area contributed by atoms with Crippen LogP contribution in [0.15, 0.2) is 97.1 Å². The minimum Gasteiger partial charge on any atom is -0.494 e. The summed E-state index contributed by atoms with van der Waals surface area (Å²) >= 11 is 0. The number of rotatable bonds is 19. The first-order valence-corrected chi connectivity index (χ1v) is 16.7. The van der Waals surface area contributed by atoms with Gasteiger partial charge in [-0.1, -0.05) is 157 Å². The van der Waals surface area contributed by atoms with E-state index in [-0.39, 0.29) is 5.60 Å². The van der Waals surface area contributed by atoms with Crippen LogP contribution in [-0.4, -0.2) is 13.2 Å². The predicted octanol–water partition coefficient (Wildman–Crippen LogP) is 11.7. The van der Waals surface area contributed by atoms with Gasteiger partial charge in [0, 0.05) is 13.0 Å². The molecule has 0 aromatic heterocycles. The van der Waals surface area contributed by atoms with Gasteiger partial charge >= 0.3 is 0 Å². The van der Waals surface area contributed by atoms with Crippen molar-refractivity contribution >= 4 is 5.57 Å². The lowest BCUT2D eigenvalue weighted by Crippen LogP contribution is -2.29. The molecule has 4 rings (SSSR count). The maximum Gasteiger partial charge on any atom is 0.119 e. The van der Waals surface area contributed by atoms with Crippen LogP contribution >= 0.6 is 0 Å². The van der Waals surface area contributed by atoms with Gasteiger partial charge in [-0.05, 0) is 58.9 Å². The van der Waals surface area contributed by atoms with E-state index in [0.717, 1.165) is 38.2 Å². The van der Waals surface area contributed by atoms with Crippen molar-refractivity contribution in [3.8, 4) is 16.9 Å². The maximum atomic E-state index is 6.64. The van der Waals surface area contributed by atoms with Crippen molar-refractivity contribution in [2.75, 3.05) is 13.2 Å². The van der Waals surface area contributed by atoms with Gasteiger partial charge in [-0.15, -0.1) is 0 Å². The van der Waals surface area contributed by atoms with Gasteiger partial charge in [-0.25, -0.2) is 0 Å². The molecule has 0 fully saturated rings. The molecule has 0 amide bonds. The lowest BCUT2D eigenvalue weighted by Gasteiger charge is -2.33. The highest BCUT2D eigenvalue weighted by Gasteiger charge is 2.31. The smallest absolute Gasteiger partial charge is 0.119 e. The van der Waals surface area contributed by atoms with Crippen LogP contribution in [0.4, 0.5) is 0 Å². The molecular formula is C40H52O2. The summed E-state index contributed by atoms with van der Waals surface area (Å²) in [4.78, 5) is 0. The molecule has 1 atom stereocenters. The summed E-state index contributed by atoms with van der Waals surface area (Å²) < 4.78 is 12.6. The third-order valence-electron chi connectivity index (χ3n) is 8.45. The van der Waals surface area contributed by atoms with E-state index in [1.165, 1.54) is 92.0 Å². The van der Waals surface area contributed by atoms with Crippen LogP contribution in [-0.2, 0) is 10.3 Å². The summed E-state index contributed by atoms with van der Waals surface area (Å²) in [6.45, 7) is 6.13. The van der Waals surface area contributed by atoms with Crippen LogP contribution in [0.25, 0.3) is 16.7 Å². The zero-order valence-electron chi connectivity index (χ0n) is 26.2. The molecule has 2 nitrogen and oxygen atoms in total. The normalized spacial score (nSPS) is 16.4. The van der Waals surface area contributed by atoms with Crippen LogP contribution in [0.2, 0.25) is 0 Å². The minimum absolute atomic E-state index is 0.382. The van der Waals surface area contributed by atoms with Gasteiger partial charge < -0.3 is 9.47 Å². The summed E-state index contributed by atoms with van der Waals surface area (Å²) in [6.07, 6.45) is 23.1. The highest BCUT2D eigenvalue weighted by atomic mass is 16.5. The fraction of sp³-hybridized carbons (Fsp3) is 0.450. The van der Waals surface area contributed by atoms with E-state index >= 15 is 0 Å². The topological polar surface area (TPSA) is 18.5 Å². The lowest BCUT2D eigenvalue weighted by molar-refractivity contribution is -0.0129. The number of hydrogen-bond acceptors (Lipinski definition) is 2. The second-order valence-corrected chi connectivity index (χ2v) is 11.8. The monoisotopic (exact) mass is 564 g/mol. The lowest BCUT2D eigenvalue weighted by atomic mass is 9.83. The van der Waals surface area contributed by atoms with Crippen molar-refractivity contribution in [1.82, 2.24) is 0 Å². The molecule has 3 aromatic carbocycles. The van der Waals surface area contributed by atoms with Crippen molar-refractivity contribution in [1.29, 1.82) is 0 Å². The molecule has 1 unspecified atom stereocenters. The third-order valence-corrected chi connectivity index (χ3v) is 8.45. The zero-order valence-corrected chi connectivity index (χ0v) is 26.2. The zero-order chi connectivity index (χ0) is 29.3. The summed E-state index contributed by atoms with van der Waals surface area (Å²) in [7, 11) is 0. The summed E-state index contributed by atoms with van der Waals surface area (Å²) in [5.74, 6) is 0.960. The van der Waals surface area contributed by atoms with Crippen molar-refractivity contribution in [2.45, 2.75) is 103 Å². The number of unbranched alkanes of at least 4 members (excludes halogenated alkanes) is 10. The van der Waals surface area contributed by atoms with Gasteiger partial charge in [0.1, 0.15) is 11.4 Å². The molecule has 0 saturated heterocycles. The number of benzene rings is 3. The fourth-order valence-corrected chi connectivity index (χ4v) is 5.77. The van der Waals surface area contributed by atoms with Crippen LogP contribution in [0.5, 0.6) is 5.75 Å². The molecular weight excluding hydrogens is 512 g/mol. The number of allylic oxidation sites excluding steroid dienone is 2. The van der Waals surface area contributed by atoms with Crippen LogP contribution in [0, 0.1) is 0 Å². The Hall–Kier alpha value is -3.10. The summed E-state index contributed by atoms with van der Waals surface area (Å²) in [5.41, 5.74) is 5.79. The molecule has 0 N–H and O–H groups in total. The predicted molar refractivity (Wildman–Crippen MR) is 180 cm³/mol. The molecule has 1 aliphatic carbocycles. The molecule has 0 aliphatic heterocycles. The Bertz CT molecular complexity index is 1210. The minimum atomic E-state index is -0.382. The van der Waals surface area contributed by atoms with Gasteiger partial charge in [0.15, 0.2) is 0 Å². The second-order valence-electron chi connectivity index (χ2n) is 11.8. The molecule has 0 radical (unpaired) electrons. The Labute approximate surface area is 255 Å². The van der Waals surface area contributed by atoms with E-state index in [1.807, 2.05) is 0 Å². The molecule has 0 heterocycles. The average Bonchev–Trinajstić information content (AvgIpc) is 3.05. The van der Waals surface area contributed by atoms with E-state index in [2.05, 4.69) is 111 Å². The van der Waals surface area contributed by atoms with E-state index in [9.17, 15) is 0 Å². The first kappa shape index (κ1) is 31.8. The Morgan fingerprint density at radius 2 is 1.12 bits per heavy atom. The second kappa shape index (κ2) is 17.8. The van der Waals surface area contributed by atoms with E-state index in [0.29, 0.717) is 0 Å². The quantitative estimate of drug-likeness (QED) is 0.135. The molecule has 0 saturated carbocycles. The Morgan fingerprint density at radius 1 is 0.571 bits per heavy atom. The molecule has 224 valence electrons. The van der Waals surface area contributed by atoms with Crippen molar-refractivity contribution in [3.05, 3.63) is 108 Å². The standard InChI is InChI=1S/C40H52O2/c1-3-5-7-9-11-16-32-41-39-26-24-36(25-27-39)34-20-22-35(23-21-34)37-28-30-40(31-29-37,38-18-14-13-15-19-38)42-33-17-12-10-8-6-4-2/h13-15,18-30H,3-12,16-17,31-33H2,1-2H3. The molecule has 2 heteroatoms. The highest BCUT2D eigenvalue weighted by molar-refractivity contribution is 5.77. The van der Waals surface area contributed by atoms with E-state index < -0.39 is 0 Å². The third kappa shape index (κ3) is 9.73. The van der Waals surface area contributed by atoms with Crippen molar-refractivity contribution < 1.29 is 9.47 Å². The molecule has 1 aliphatic rings. The van der Waals surface area contributed by atoms with Crippen LogP contribution < -0.4 is 4.74 Å². The van der Waals surface area contributed by atoms with E-state index in [1.54, 1.807) is 0 Å². The average molecular weight is 565 g/mol. The van der Waals surface area contributed by atoms with Crippen molar-refractivity contribution in [2.24, 2.45) is 0 Å². The maximum absolute atomic E-state index is 6.64. The molecule has 42 heavy (non-hydrogen) atoms. The van der Waals surface area contributed by atoms with Gasteiger partial charge in [0.05, 0.1) is 6.61 Å². The first-order valence-electron chi connectivity index (χ1n) is 16.7. The first-order chi connectivity index (χ1) is 20.7. The van der Waals surface area contributed by atoms with Crippen LogP contribution in [0.1, 0.15) is 108 Å². The highest BCUT2D eigenvalue weighted by Crippen LogP contribution is 2.38. The SMILES string of the molecule is CCCCCCCCOc1ccc(-c2ccc(C3=CCC(OCCCCCCCC)(c4ccccc4)C=C3)cc2)cc1. The van der Waals surface area contributed by atoms with Gasteiger partial charge in [-0.3, -0.25) is 0 Å². The molecule has 0 spiro atoms. The van der Waals surface area contributed by atoms with E-state index in [4.69, 9.17) is 9.47 Å². The summed E-state index contributed by atoms with van der Waals surface area (Å²) in [5, 5.41) is 0. The van der Waals surface area contributed by atoms with Crippen molar-refractivity contribution in [3.63, 3.8) is 0 Å². The molecule has 3 aromatic rings. The van der Waals surface area contributed by atoms with Gasteiger partial charge in [0.25, 0.3) is 0 Å². The number of hydrogen-bond donors (Lipinski definition) is 0. The van der Waals surface area contributed by atoms with Gasteiger partial charge in [-0.2, -0.15) is 0 Å². The fourth-order valence-electron chi connectivity index (χ4n) is 5.77. The Balaban J connectivity index is 1.31. The largest absolute Gasteiger partial charge is 0.494 e. The molecule has 0 bridgehead atoms. The number of ether oxygens (including phenoxy) is 2. The van der Waals surface area contributed by atoms with Crippen LogP contribution in [0.3, 0.4) is 0 Å². The Kier molecular flexibility index (Phi) is 13.5.